The zero-order valence-electron chi connectivity index (χ0n) is 16.7. The smallest absolute Gasteiger partial charge is 0.276 e. The fourth-order valence-electron chi connectivity index (χ4n) is 3.34. The first-order valence-electron chi connectivity index (χ1n) is 9.45. The summed E-state index contributed by atoms with van der Waals surface area (Å²) >= 11 is 0. The summed E-state index contributed by atoms with van der Waals surface area (Å²) in [6.07, 6.45) is 2.62. The van der Waals surface area contributed by atoms with E-state index < -0.39 is 6.10 Å². The lowest BCUT2D eigenvalue weighted by Gasteiger charge is -2.14. The van der Waals surface area contributed by atoms with Crippen LogP contribution in [-0.4, -0.2) is 26.4 Å². The molecule has 0 spiro atoms. The minimum absolute atomic E-state index is 0.181. The maximum atomic E-state index is 12.9. The van der Waals surface area contributed by atoms with Crippen molar-refractivity contribution in [2.75, 3.05) is 7.11 Å². The SMILES string of the molecule is COc1ccc(-c2cc3c(=O)n(C[C@@H](O)c4ccc(C)c(C)c4)ccn3n2)cc1. The lowest BCUT2D eigenvalue weighted by molar-refractivity contribution is 0.155. The predicted molar refractivity (Wildman–Crippen MR) is 112 cm³/mol. The molecule has 0 unspecified atom stereocenters. The second kappa shape index (κ2) is 7.56. The van der Waals surface area contributed by atoms with E-state index in [2.05, 4.69) is 5.10 Å². The van der Waals surface area contributed by atoms with Crippen molar-refractivity contribution in [3.63, 3.8) is 0 Å². The van der Waals surface area contributed by atoms with Crippen LogP contribution in [0.5, 0.6) is 5.75 Å². The number of aromatic nitrogens is 3. The van der Waals surface area contributed by atoms with Crippen molar-refractivity contribution < 1.29 is 9.84 Å². The molecule has 6 heteroatoms. The molecule has 4 rings (SSSR count). The molecule has 0 aliphatic heterocycles. The fourth-order valence-corrected chi connectivity index (χ4v) is 3.34. The molecule has 1 atom stereocenters. The first-order valence-corrected chi connectivity index (χ1v) is 9.45. The van der Waals surface area contributed by atoms with Crippen molar-refractivity contribution in [3.05, 3.63) is 88.0 Å². The molecule has 1 N–H and O–H groups in total. The highest BCUT2D eigenvalue weighted by molar-refractivity contribution is 5.66. The van der Waals surface area contributed by atoms with Crippen molar-refractivity contribution in [1.82, 2.24) is 14.2 Å². The third-order valence-corrected chi connectivity index (χ3v) is 5.27. The molecule has 2 aromatic heterocycles. The van der Waals surface area contributed by atoms with E-state index in [1.54, 1.807) is 30.1 Å². The normalized spacial score (nSPS) is 12.3. The summed E-state index contributed by atoms with van der Waals surface area (Å²) in [5, 5.41) is 15.1. The van der Waals surface area contributed by atoms with Crippen molar-refractivity contribution in [3.8, 4) is 17.0 Å². The molecule has 0 fully saturated rings. The van der Waals surface area contributed by atoms with Gasteiger partial charge in [-0.05, 0) is 60.9 Å². The number of nitrogens with zero attached hydrogens (tertiary/aromatic N) is 3. The van der Waals surface area contributed by atoms with Crippen LogP contribution in [0, 0.1) is 13.8 Å². The van der Waals surface area contributed by atoms with Crippen LogP contribution >= 0.6 is 0 Å². The second-order valence-electron chi connectivity index (χ2n) is 7.20. The molecular weight excluding hydrogens is 366 g/mol. The number of benzene rings is 2. The molecule has 0 aliphatic carbocycles. The Morgan fingerprint density at radius 1 is 1.03 bits per heavy atom. The lowest BCUT2D eigenvalue weighted by Crippen LogP contribution is -2.24. The van der Waals surface area contributed by atoms with Gasteiger partial charge in [-0.2, -0.15) is 5.10 Å². The van der Waals surface area contributed by atoms with E-state index in [4.69, 9.17) is 4.74 Å². The Kier molecular flexibility index (Phi) is 4.94. The number of fused-ring (bicyclic) bond motifs is 1. The minimum Gasteiger partial charge on any atom is -0.497 e. The third-order valence-electron chi connectivity index (χ3n) is 5.27. The summed E-state index contributed by atoms with van der Waals surface area (Å²) in [5.74, 6) is 0.764. The summed E-state index contributed by atoms with van der Waals surface area (Å²) in [6, 6.07) is 15.1. The Bertz CT molecular complexity index is 1220. The van der Waals surface area contributed by atoms with Gasteiger partial charge in [0.15, 0.2) is 0 Å². The minimum atomic E-state index is -0.765. The molecule has 4 aromatic rings. The quantitative estimate of drug-likeness (QED) is 0.567. The summed E-state index contributed by atoms with van der Waals surface area (Å²) in [7, 11) is 1.62. The molecule has 2 heterocycles. The summed E-state index contributed by atoms with van der Waals surface area (Å²) in [5.41, 5.74) is 4.96. The van der Waals surface area contributed by atoms with Crippen molar-refractivity contribution in [2.45, 2.75) is 26.5 Å². The van der Waals surface area contributed by atoms with Gasteiger partial charge in [0.05, 0.1) is 25.5 Å². The molecule has 0 saturated carbocycles. The number of hydrogen-bond acceptors (Lipinski definition) is 4. The number of methoxy groups -OCH3 is 1. The molecule has 6 nitrogen and oxygen atoms in total. The standard InChI is InChI=1S/C23H23N3O3/c1-15-4-5-18(12-16(15)2)22(27)14-25-10-11-26-21(23(25)28)13-20(24-26)17-6-8-19(29-3)9-7-17/h4-13,22,27H,14H2,1-3H3/t22-/m1/s1. The van der Waals surface area contributed by atoms with E-state index in [1.165, 1.54) is 10.1 Å². The van der Waals surface area contributed by atoms with E-state index in [9.17, 15) is 9.90 Å². The van der Waals surface area contributed by atoms with Crippen LogP contribution in [0.25, 0.3) is 16.8 Å². The van der Waals surface area contributed by atoms with E-state index >= 15 is 0 Å². The third kappa shape index (κ3) is 3.67. The van der Waals surface area contributed by atoms with Gasteiger partial charge in [-0.15, -0.1) is 0 Å². The van der Waals surface area contributed by atoms with E-state index in [0.717, 1.165) is 22.4 Å². The van der Waals surface area contributed by atoms with Gasteiger partial charge in [-0.1, -0.05) is 18.2 Å². The van der Waals surface area contributed by atoms with Crippen molar-refractivity contribution in [2.24, 2.45) is 0 Å². The topological polar surface area (TPSA) is 68.8 Å². The van der Waals surface area contributed by atoms with E-state index in [-0.39, 0.29) is 12.1 Å². The number of aliphatic hydroxyl groups is 1. The molecule has 0 aliphatic rings. The first-order chi connectivity index (χ1) is 14.0. The Morgan fingerprint density at radius 2 is 1.79 bits per heavy atom. The monoisotopic (exact) mass is 389 g/mol. The van der Waals surface area contributed by atoms with Gasteiger partial charge in [0.1, 0.15) is 11.3 Å². The van der Waals surface area contributed by atoms with Crippen LogP contribution in [0.4, 0.5) is 0 Å². The van der Waals surface area contributed by atoms with Crippen LogP contribution in [0.3, 0.4) is 0 Å². The molecule has 0 radical (unpaired) electrons. The summed E-state index contributed by atoms with van der Waals surface area (Å²) in [6.45, 7) is 4.22. The predicted octanol–water partition coefficient (Wildman–Crippen LogP) is 3.52. The van der Waals surface area contributed by atoms with E-state index in [0.29, 0.717) is 11.2 Å². The van der Waals surface area contributed by atoms with E-state index in [1.807, 2.05) is 56.3 Å². The number of aliphatic hydroxyl groups excluding tert-OH is 1. The first kappa shape index (κ1) is 19.0. The highest BCUT2D eigenvalue weighted by atomic mass is 16.5. The summed E-state index contributed by atoms with van der Waals surface area (Å²) < 4.78 is 8.28. The van der Waals surface area contributed by atoms with Crippen LogP contribution in [0.15, 0.2) is 65.7 Å². The van der Waals surface area contributed by atoms with Crippen LogP contribution in [-0.2, 0) is 6.54 Å². The Morgan fingerprint density at radius 3 is 2.48 bits per heavy atom. The highest BCUT2D eigenvalue weighted by Crippen LogP contribution is 2.22. The lowest BCUT2D eigenvalue weighted by atomic mass is 10.0. The molecule has 148 valence electrons. The largest absolute Gasteiger partial charge is 0.497 e. The molecule has 0 amide bonds. The molecule has 0 saturated heterocycles. The fraction of sp³-hybridized carbons (Fsp3) is 0.217. The van der Waals surface area contributed by atoms with Gasteiger partial charge < -0.3 is 14.4 Å². The number of aryl methyl sites for hydroxylation is 2. The zero-order valence-corrected chi connectivity index (χ0v) is 16.7. The van der Waals surface area contributed by atoms with Crippen LogP contribution in [0.1, 0.15) is 22.8 Å². The maximum absolute atomic E-state index is 12.9. The molecule has 29 heavy (non-hydrogen) atoms. The van der Waals surface area contributed by atoms with Gasteiger partial charge in [0.25, 0.3) is 5.56 Å². The summed E-state index contributed by atoms with van der Waals surface area (Å²) in [4.78, 5) is 12.9. The second-order valence-corrected chi connectivity index (χ2v) is 7.20. The zero-order chi connectivity index (χ0) is 20.5. The number of rotatable bonds is 5. The van der Waals surface area contributed by atoms with Crippen LogP contribution in [0.2, 0.25) is 0 Å². The van der Waals surface area contributed by atoms with Crippen molar-refractivity contribution in [1.29, 1.82) is 0 Å². The molecule has 0 bridgehead atoms. The molecule has 2 aromatic carbocycles. The molecular formula is C23H23N3O3. The Hall–Kier alpha value is -3.38. The van der Waals surface area contributed by atoms with Gasteiger partial charge in [-0.25, -0.2) is 4.52 Å². The van der Waals surface area contributed by atoms with Crippen molar-refractivity contribution >= 4 is 5.52 Å². The average Bonchev–Trinajstić information content (AvgIpc) is 3.17. The van der Waals surface area contributed by atoms with Gasteiger partial charge in [-0.3, -0.25) is 4.79 Å². The highest BCUT2D eigenvalue weighted by Gasteiger charge is 2.13. The maximum Gasteiger partial charge on any atom is 0.276 e. The van der Waals surface area contributed by atoms with Gasteiger partial charge in [0, 0.05) is 18.0 Å². The van der Waals surface area contributed by atoms with Crippen LogP contribution < -0.4 is 10.3 Å². The Labute approximate surface area is 168 Å². The Balaban J connectivity index is 1.65. The number of ether oxygens (including phenoxy) is 1. The van der Waals surface area contributed by atoms with Gasteiger partial charge in [0.2, 0.25) is 0 Å². The number of hydrogen-bond donors (Lipinski definition) is 1. The average molecular weight is 389 g/mol. The van der Waals surface area contributed by atoms with Gasteiger partial charge >= 0.3 is 0 Å².